The Morgan fingerprint density at radius 2 is 2.25 bits per heavy atom. The molecule has 2 aromatic rings. The smallest absolute Gasteiger partial charge is 0.180 e. The van der Waals surface area contributed by atoms with Crippen LogP contribution in [0.15, 0.2) is 24.5 Å². The van der Waals surface area contributed by atoms with Gasteiger partial charge < -0.3 is 5.73 Å². The standard InChI is InChI=1S/C12H15N3S/c1-8(2)11-10(16-12(13)15-11)6-9-4-3-5-14-7-9/h3-5,7-8H,6H2,1-2H3,(H2,13,15). The van der Waals surface area contributed by atoms with Crippen LogP contribution in [0.3, 0.4) is 0 Å². The predicted molar refractivity (Wildman–Crippen MR) is 67.7 cm³/mol. The zero-order chi connectivity index (χ0) is 11.5. The molecule has 2 heterocycles. The van der Waals surface area contributed by atoms with Crippen LogP contribution in [0.1, 0.15) is 35.9 Å². The third-order valence-corrected chi connectivity index (χ3v) is 3.28. The van der Waals surface area contributed by atoms with Gasteiger partial charge in [0.25, 0.3) is 0 Å². The van der Waals surface area contributed by atoms with Crippen molar-refractivity contribution in [3.8, 4) is 0 Å². The molecule has 0 aromatic carbocycles. The number of nitrogens with zero attached hydrogens (tertiary/aromatic N) is 2. The average molecular weight is 233 g/mol. The van der Waals surface area contributed by atoms with E-state index in [1.807, 2.05) is 12.3 Å². The van der Waals surface area contributed by atoms with Crippen molar-refractivity contribution in [1.82, 2.24) is 9.97 Å². The maximum absolute atomic E-state index is 5.76. The van der Waals surface area contributed by atoms with Gasteiger partial charge >= 0.3 is 0 Å². The highest BCUT2D eigenvalue weighted by molar-refractivity contribution is 7.15. The van der Waals surface area contributed by atoms with Crippen molar-refractivity contribution in [2.45, 2.75) is 26.2 Å². The zero-order valence-electron chi connectivity index (χ0n) is 9.47. The first-order valence-electron chi connectivity index (χ1n) is 5.31. The van der Waals surface area contributed by atoms with Crippen LogP contribution >= 0.6 is 11.3 Å². The summed E-state index contributed by atoms with van der Waals surface area (Å²) >= 11 is 1.58. The van der Waals surface area contributed by atoms with Crippen LogP contribution in [-0.4, -0.2) is 9.97 Å². The zero-order valence-corrected chi connectivity index (χ0v) is 10.3. The average Bonchev–Trinajstić information content (AvgIpc) is 2.61. The summed E-state index contributed by atoms with van der Waals surface area (Å²) in [7, 11) is 0. The van der Waals surface area contributed by atoms with Gasteiger partial charge in [0.2, 0.25) is 0 Å². The molecule has 2 N–H and O–H groups in total. The normalized spacial score (nSPS) is 10.9. The van der Waals surface area contributed by atoms with Gasteiger partial charge in [-0.3, -0.25) is 4.98 Å². The Balaban J connectivity index is 2.28. The summed E-state index contributed by atoms with van der Waals surface area (Å²) in [5.74, 6) is 0.417. The van der Waals surface area contributed by atoms with Crippen LogP contribution in [-0.2, 0) is 6.42 Å². The minimum atomic E-state index is 0.417. The third-order valence-electron chi connectivity index (χ3n) is 2.38. The fourth-order valence-corrected chi connectivity index (χ4v) is 2.67. The largest absolute Gasteiger partial charge is 0.375 e. The van der Waals surface area contributed by atoms with Crippen molar-refractivity contribution in [2.24, 2.45) is 0 Å². The monoisotopic (exact) mass is 233 g/mol. The summed E-state index contributed by atoms with van der Waals surface area (Å²) in [6, 6.07) is 4.03. The Labute approximate surface area is 99.4 Å². The number of thiazole rings is 1. The number of nitrogen functional groups attached to an aromatic ring is 1. The number of aromatic nitrogens is 2. The Morgan fingerprint density at radius 1 is 1.44 bits per heavy atom. The van der Waals surface area contributed by atoms with Gasteiger partial charge in [0.05, 0.1) is 5.69 Å². The van der Waals surface area contributed by atoms with Gasteiger partial charge in [-0.15, -0.1) is 11.3 Å². The van der Waals surface area contributed by atoms with E-state index in [-0.39, 0.29) is 0 Å². The summed E-state index contributed by atoms with van der Waals surface area (Å²) in [5, 5.41) is 0.655. The molecular weight excluding hydrogens is 218 g/mol. The molecule has 0 unspecified atom stereocenters. The van der Waals surface area contributed by atoms with Crippen molar-refractivity contribution >= 4 is 16.5 Å². The molecule has 0 radical (unpaired) electrons. The van der Waals surface area contributed by atoms with Crippen LogP contribution in [0.5, 0.6) is 0 Å². The number of rotatable bonds is 3. The Morgan fingerprint density at radius 3 is 2.88 bits per heavy atom. The number of pyridine rings is 1. The molecule has 0 aliphatic carbocycles. The first-order chi connectivity index (χ1) is 7.66. The molecular formula is C12H15N3S. The van der Waals surface area contributed by atoms with E-state index in [1.165, 1.54) is 10.4 Å². The predicted octanol–water partition coefficient (Wildman–Crippen LogP) is 2.83. The quantitative estimate of drug-likeness (QED) is 0.887. The molecule has 16 heavy (non-hydrogen) atoms. The Kier molecular flexibility index (Phi) is 3.19. The molecule has 84 valence electrons. The van der Waals surface area contributed by atoms with Gasteiger partial charge in [0.1, 0.15) is 0 Å². The molecule has 2 aromatic heterocycles. The van der Waals surface area contributed by atoms with E-state index in [4.69, 9.17) is 5.73 Å². The Bertz CT molecular complexity index is 462. The Hall–Kier alpha value is -1.42. The van der Waals surface area contributed by atoms with E-state index in [1.54, 1.807) is 17.5 Å². The first-order valence-corrected chi connectivity index (χ1v) is 6.12. The molecule has 0 saturated carbocycles. The fourth-order valence-electron chi connectivity index (χ4n) is 1.65. The molecule has 3 nitrogen and oxygen atoms in total. The van der Waals surface area contributed by atoms with Crippen LogP contribution in [0.4, 0.5) is 5.13 Å². The summed E-state index contributed by atoms with van der Waals surface area (Å²) in [6.07, 6.45) is 4.55. The maximum Gasteiger partial charge on any atom is 0.180 e. The van der Waals surface area contributed by atoms with E-state index < -0.39 is 0 Å². The van der Waals surface area contributed by atoms with Crippen molar-refractivity contribution in [3.63, 3.8) is 0 Å². The topological polar surface area (TPSA) is 51.8 Å². The summed E-state index contributed by atoms with van der Waals surface area (Å²) in [4.78, 5) is 9.75. The molecule has 2 rings (SSSR count). The molecule has 0 saturated heterocycles. The minimum absolute atomic E-state index is 0.417. The van der Waals surface area contributed by atoms with Crippen LogP contribution in [0, 0.1) is 0 Å². The lowest BCUT2D eigenvalue weighted by Crippen LogP contribution is -1.95. The van der Waals surface area contributed by atoms with E-state index in [2.05, 4.69) is 29.9 Å². The summed E-state index contributed by atoms with van der Waals surface area (Å²) in [5.41, 5.74) is 8.08. The van der Waals surface area contributed by atoms with Crippen molar-refractivity contribution in [1.29, 1.82) is 0 Å². The second-order valence-electron chi connectivity index (χ2n) is 4.05. The number of anilines is 1. The maximum atomic E-state index is 5.76. The van der Waals surface area contributed by atoms with E-state index >= 15 is 0 Å². The van der Waals surface area contributed by atoms with Crippen LogP contribution in [0.25, 0.3) is 0 Å². The molecule has 0 fully saturated rings. The van der Waals surface area contributed by atoms with Crippen LogP contribution < -0.4 is 5.73 Å². The van der Waals surface area contributed by atoms with Gasteiger partial charge in [-0.25, -0.2) is 4.98 Å². The summed E-state index contributed by atoms with van der Waals surface area (Å²) < 4.78 is 0. The molecule has 4 heteroatoms. The lowest BCUT2D eigenvalue weighted by atomic mass is 10.1. The molecule has 0 aliphatic rings. The first kappa shape index (κ1) is 11.1. The van der Waals surface area contributed by atoms with Gasteiger partial charge in [-0.2, -0.15) is 0 Å². The summed E-state index contributed by atoms with van der Waals surface area (Å²) in [6.45, 7) is 4.28. The van der Waals surface area contributed by atoms with E-state index in [0.29, 0.717) is 11.0 Å². The van der Waals surface area contributed by atoms with Crippen molar-refractivity contribution in [2.75, 3.05) is 5.73 Å². The van der Waals surface area contributed by atoms with Gasteiger partial charge in [-0.1, -0.05) is 19.9 Å². The molecule has 0 atom stereocenters. The van der Waals surface area contributed by atoms with Gasteiger partial charge in [0.15, 0.2) is 5.13 Å². The lowest BCUT2D eigenvalue weighted by Gasteiger charge is -2.04. The van der Waals surface area contributed by atoms with Crippen LogP contribution in [0.2, 0.25) is 0 Å². The van der Waals surface area contributed by atoms with Gasteiger partial charge in [-0.05, 0) is 17.5 Å². The highest BCUT2D eigenvalue weighted by atomic mass is 32.1. The fraction of sp³-hybridized carbons (Fsp3) is 0.333. The number of hydrogen-bond donors (Lipinski definition) is 1. The third kappa shape index (κ3) is 2.39. The molecule has 0 amide bonds. The number of nitrogens with two attached hydrogens (primary N) is 1. The van der Waals surface area contributed by atoms with E-state index in [0.717, 1.165) is 12.1 Å². The second-order valence-corrected chi connectivity index (χ2v) is 5.17. The highest BCUT2D eigenvalue weighted by Crippen LogP contribution is 2.28. The van der Waals surface area contributed by atoms with E-state index in [9.17, 15) is 0 Å². The van der Waals surface area contributed by atoms with Crippen molar-refractivity contribution < 1.29 is 0 Å². The van der Waals surface area contributed by atoms with Crippen molar-refractivity contribution in [3.05, 3.63) is 40.7 Å². The SMILES string of the molecule is CC(C)c1nc(N)sc1Cc1cccnc1. The molecule has 0 spiro atoms. The second kappa shape index (κ2) is 4.61. The minimum Gasteiger partial charge on any atom is -0.375 e. The van der Waals surface area contributed by atoms with Gasteiger partial charge in [0, 0.05) is 23.7 Å². The molecule has 0 bridgehead atoms. The highest BCUT2D eigenvalue weighted by Gasteiger charge is 2.13. The number of hydrogen-bond acceptors (Lipinski definition) is 4. The molecule has 0 aliphatic heterocycles. The lowest BCUT2D eigenvalue weighted by molar-refractivity contribution is 0.820.